The second-order valence-corrected chi connectivity index (χ2v) is 3.35. The summed E-state index contributed by atoms with van der Waals surface area (Å²) in [4.78, 5) is 21.2. The molecule has 1 aliphatic rings. The highest BCUT2D eigenvalue weighted by Crippen LogP contribution is 2.11. The summed E-state index contributed by atoms with van der Waals surface area (Å²) in [7, 11) is 0. The van der Waals surface area contributed by atoms with Gasteiger partial charge in [-0.05, 0) is 6.42 Å². The molecule has 1 aromatic heterocycles. The van der Waals surface area contributed by atoms with E-state index in [-0.39, 0.29) is 5.91 Å². The fourth-order valence-corrected chi connectivity index (χ4v) is 1.49. The van der Waals surface area contributed by atoms with Crippen molar-refractivity contribution in [3.05, 3.63) is 18.2 Å². The Morgan fingerprint density at radius 1 is 1.43 bits per heavy atom. The molecule has 5 nitrogen and oxygen atoms in total. The highest BCUT2D eigenvalue weighted by atomic mass is 16.2. The summed E-state index contributed by atoms with van der Waals surface area (Å²) in [6.45, 7) is 1.31. The first-order valence-electron chi connectivity index (χ1n) is 4.60. The van der Waals surface area contributed by atoms with E-state index in [9.17, 15) is 4.79 Å². The minimum Gasteiger partial charge on any atom is -0.396 e. The van der Waals surface area contributed by atoms with Crippen LogP contribution in [-0.2, 0) is 11.3 Å². The van der Waals surface area contributed by atoms with E-state index >= 15 is 0 Å². The third-order valence-electron chi connectivity index (χ3n) is 2.23. The fraction of sp³-hybridized carbons (Fsp3) is 0.444. The van der Waals surface area contributed by atoms with E-state index in [1.807, 2.05) is 0 Å². The Labute approximate surface area is 82.0 Å². The number of hydrogen-bond donors (Lipinski definition) is 1. The zero-order valence-electron chi connectivity index (χ0n) is 7.81. The topological polar surface area (TPSA) is 72.1 Å². The predicted octanol–water partition coefficient (Wildman–Crippen LogP) is 0.181. The molecule has 0 bridgehead atoms. The van der Waals surface area contributed by atoms with E-state index in [1.54, 1.807) is 17.3 Å². The van der Waals surface area contributed by atoms with Crippen molar-refractivity contribution < 1.29 is 4.79 Å². The zero-order valence-corrected chi connectivity index (χ0v) is 7.81. The fourth-order valence-electron chi connectivity index (χ4n) is 1.49. The Kier molecular flexibility index (Phi) is 2.30. The van der Waals surface area contributed by atoms with Crippen LogP contribution in [0.25, 0.3) is 0 Å². The Morgan fingerprint density at radius 2 is 2.14 bits per heavy atom. The first kappa shape index (κ1) is 8.93. The highest BCUT2D eigenvalue weighted by molar-refractivity contribution is 5.77. The number of nitrogen functional groups attached to an aromatic ring is 1. The van der Waals surface area contributed by atoms with Gasteiger partial charge in [0.2, 0.25) is 5.91 Å². The van der Waals surface area contributed by atoms with Gasteiger partial charge in [0.25, 0.3) is 0 Å². The second kappa shape index (κ2) is 3.61. The lowest BCUT2D eigenvalue weighted by Crippen LogP contribution is -2.24. The van der Waals surface area contributed by atoms with Crippen LogP contribution in [0.1, 0.15) is 18.7 Å². The van der Waals surface area contributed by atoms with E-state index in [0.717, 1.165) is 13.0 Å². The summed E-state index contributed by atoms with van der Waals surface area (Å²) in [5, 5.41) is 0. The standard InChI is InChI=1S/C9H12N4O/c10-7-4-11-8(12-5-7)6-13-3-1-2-9(13)14/h4-5H,1-3,6,10H2. The van der Waals surface area contributed by atoms with Crippen molar-refractivity contribution in [2.75, 3.05) is 12.3 Å². The number of rotatable bonds is 2. The molecule has 2 heterocycles. The summed E-state index contributed by atoms with van der Waals surface area (Å²) in [6, 6.07) is 0. The van der Waals surface area contributed by atoms with Crippen LogP contribution in [0.15, 0.2) is 12.4 Å². The summed E-state index contributed by atoms with van der Waals surface area (Å²) in [5.74, 6) is 0.833. The molecule has 1 saturated heterocycles. The van der Waals surface area contributed by atoms with E-state index in [1.165, 1.54) is 0 Å². The molecule has 1 amide bonds. The van der Waals surface area contributed by atoms with Crippen molar-refractivity contribution in [3.8, 4) is 0 Å². The van der Waals surface area contributed by atoms with Gasteiger partial charge in [0.1, 0.15) is 5.82 Å². The molecule has 0 saturated carbocycles. The number of aromatic nitrogens is 2. The van der Waals surface area contributed by atoms with E-state index in [0.29, 0.717) is 24.5 Å². The molecule has 0 atom stereocenters. The molecule has 5 heteroatoms. The number of nitrogens with zero attached hydrogens (tertiary/aromatic N) is 3. The van der Waals surface area contributed by atoms with E-state index in [2.05, 4.69) is 9.97 Å². The van der Waals surface area contributed by atoms with Gasteiger partial charge in [0.05, 0.1) is 24.6 Å². The van der Waals surface area contributed by atoms with Crippen LogP contribution in [0, 0.1) is 0 Å². The van der Waals surface area contributed by atoms with Gasteiger partial charge < -0.3 is 10.6 Å². The Bertz CT molecular complexity index is 335. The van der Waals surface area contributed by atoms with Crippen LogP contribution < -0.4 is 5.73 Å². The molecule has 2 rings (SSSR count). The molecular formula is C9H12N4O. The number of anilines is 1. The van der Waals surface area contributed by atoms with Gasteiger partial charge >= 0.3 is 0 Å². The molecule has 0 aliphatic carbocycles. The number of nitrogens with two attached hydrogens (primary N) is 1. The highest BCUT2D eigenvalue weighted by Gasteiger charge is 2.20. The second-order valence-electron chi connectivity index (χ2n) is 3.35. The Morgan fingerprint density at radius 3 is 2.71 bits per heavy atom. The van der Waals surface area contributed by atoms with E-state index in [4.69, 9.17) is 5.73 Å². The van der Waals surface area contributed by atoms with Crippen molar-refractivity contribution in [1.29, 1.82) is 0 Å². The van der Waals surface area contributed by atoms with Crippen LogP contribution in [0.5, 0.6) is 0 Å². The maximum Gasteiger partial charge on any atom is 0.223 e. The molecule has 2 N–H and O–H groups in total. The van der Waals surface area contributed by atoms with Gasteiger partial charge in [0.15, 0.2) is 0 Å². The minimum atomic E-state index is 0.186. The van der Waals surface area contributed by atoms with Gasteiger partial charge in [0, 0.05) is 13.0 Å². The molecule has 74 valence electrons. The average Bonchev–Trinajstić information content (AvgIpc) is 2.56. The smallest absolute Gasteiger partial charge is 0.223 e. The van der Waals surface area contributed by atoms with Gasteiger partial charge in [-0.2, -0.15) is 0 Å². The third kappa shape index (κ3) is 1.81. The SMILES string of the molecule is Nc1cnc(CN2CCCC2=O)nc1. The molecule has 14 heavy (non-hydrogen) atoms. The van der Waals surface area contributed by atoms with Crippen LogP contribution >= 0.6 is 0 Å². The lowest BCUT2D eigenvalue weighted by molar-refractivity contribution is -0.128. The van der Waals surface area contributed by atoms with Gasteiger partial charge in [-0.25, -0.2) is 9.97 Å². The van der Waals surface area contributed by atoms with Crippen LogP contribution in [0.3, 0.4) is 0 Å². The zero-order chi connectivity index (χ0) is 9.97. The number of hydrogen-bond acceptors (Lipinski definition) is 4. The molecule has 1 aliphatic heterocycles. The summed E-state index contributed by atoms with van der Waals surface area (Å²) in [6.07, 6.45) is 4.70. The van der Waals surface area contributed by atoms with Crippen molar-refractivity contribution >= 4 is 11.6 Å². The molecule has 0 spiro atoms. The maximum absolute atomic E-state index is 11.3. The predicted molar refractivity (Wildman–Crippen MR) is 51.1 cm³/mol. The van der Waals surface area contributed by atoms with Crippen molar-refractivity contribution in [1.82, 2.24) is 14.9 Å². The monoisotopic (exact) mass is 192 g/mol. The van der Waals surface area contributed by atoms with Gasteiger partial charge in [-0.3, -0.25) is 4.79 Å². The van der Waals surface area contributed by atoms with E-state index < -0.39 is 0 Å². The molecule has 0 radical (unpaired) electrons. The first-order valence-corrected chi connectivity index (χ1v) is 4.60. The maximum atomic E-state index is 11.3. The van der Waals surface area contributed by atoms with Crippen molar-refractivity contribution in [2.24, 2.45) is 0 Å². The number of amides is 1. The average molecular weight is 192 g/mol. The normalized spacial score (nSPS) is 16.3. The van der Waals surface area contributed by atoms with Crippen LogP contribution in [0.4, 0.5) is 5.69 Å². The Hall–Kier alpha value is -1.65. The van der Waals surface area contributed by atoms with Gasteiger partial charge in [-0.15, -0.1) is 0 Å². The quantitative estimate of drug-likeness (QED) is 0.725. The molecular weight excluding hydrogens is 180 g/mol. The molecule has 1 fully saturated rings. The molecule has 0 aromatic carbocycles. The third-order valence-corrected chi connectivity index (χ3v) is 2.23. The summed E-state index contributed by atoms with van der Waals surface area (Å²) in [5.41, 5.74) is 6.00. The number of likely N-dealkylation sites (tertiary alicyclic amines) is 1. The summed E-state index contributed by atoms with van der Waals surface area (Å²) < 4.78 is 0. The molecule has 1 aromatic rings. The van der Waals surface area contributed by atoms with Crippen LogP contribution in [-0.4, -0.2) is 27.3 Å². The molecule has 0 unspecified atom stereocenters. The lowest BCUT2D eigenvalue weighted by Gasteiger charge is -2.13. The largest absolute Gasteiger partial charge is 0.396 e. The van der Waals surface area contributed by atoms with Crippen molar-refractivity contribution in [3.63, 3.8) is 0 Å². The summed E-state index contributed by atoms with van der Waals surface area (Å²) >= 11 is 0. The minimum absolute atomic E-state index is 0.186. The first-order chi connectivity index (χ1) is 6.75. The number of carbonyl (C=O) groups excluding carboxylic acids is 1. The van der Waals surface area contributed by atoms with Gasteiger partial charge in [-0.1, -0.05) is 0 Å². The lowest BCUT2D eigenvalue weighted by atomic mass is 10.4. The van der Waals surface area contributed by atoms with Crippen molar-refractivity contribution in [2.45, 2.75) is 19.4 Å². The van der Waals surface area contributed by atoms with Crippen LogP contribution in [0.2, 0.25) is 0 Å². The Balaban J connectivity index is 2.03. The number of carbonyl (C=O) groups is 1.